The lowest BCUT2D eigenvalue weighted by Crippen LogP contribution is -2.30. The fraction of sp³-hybridized carbons (Fsp3) is 0. The first kappa shape index (κ1) is 19.3. The molecule has 0 aliphatic heterocycles. The molecule has 28 heavy (non-hydrogen) atoms. The lowest BCUT2D eigenvalue weighted by molar-refractivity contribution is -0.383. The van der Waals surface area contributed by atoms with Gasteiger partial charge < -0.3 is 5.32 Å². The molecule has 3 aromatic rings. The van der Waals surface area contributed by atoms with E-state index in [1.54, 1.807) is 18.2 Å². The summed E-state index contributed by atoms with van der Waals surface area (Å²) < 4.78 is 0. The highest BCUT2D eigenvalue weighted by atomic mass is 35.5. The van der Waals surface area contributed by atoms with Crippen molar-refractivity contribution in [3.63, 3.8) is 0 Å². The third-order valence-corrected chi connectivity index (χ3v) is 3.93. The molecular formula is C16H11Cl2N7O3. The molecule has 0 radical (unpaired) electrons. The highest BCUT2D eigenvalue weighted by molar-refractivity contribution is 6.36. The lowest BCUT2D eigenvalue weighted by atomic mass is 10.2. The van der Waals surface area contributed by atoms with Crippen molar-refractivity contribution in [3.05, 3.63) is 74.6 Å². The quantitative estimate of drug-likeness (QED) is 0.407. The number of nitro groups is 1. The average molecular weight is 420 g/mol. The summed E-state index contributed by atoms with van der Waals surface area (Å²) in [7, 11) is 0. The number of aromatic nitrogens is 3. The number of halogens is 2. The van der Waals surface area contributed by atoms with Gasteiger partial charge in [-0.3, -0.25) is 25.8 Å². The smallest absolute Gasteiger partial charge is 0.319 e. The number of carbonyl (C=O) groups is 1. The van der Waals surface area contributed by atoms with Crippen LogP contribution in [0, 0.1) is 10.1 Å². The first-order chi connectivity index (χ1) is 13.5. The van der Waals surface area contributed by atoms with Crippen LogP contribution in [-0.2, 0) is 0 Å². The Hall–Kier alpha value is -3.50. The highest BCUT2D eigenvalue weighted by Crippen LogP contribution is 2.30. The SMILES string of the molecule is O=C(NNc1ncnc(Nc2ccccn2)c1[N+](=O)[O-])c1ccc(Cl)cc1Cl. The minimum Gasteiger partial charge on any atom is -0.319 e. The first-order valence-electron chi connectivity index (χ1n) is 7.64. The Morgan fingerprint density at radius 2 is 1.86 bits per heavy atom. The maximum Gasteiger partial charge on any atom is 0.355 e. The van der Waals surface area contributed by atoms with Gasteiger partial charge in [0.2, 0.25) is 11.6 Å². The Bertz CT molecular complexity index is 1030. The number of amides is 1. The van der Waals surface area contributed by atoms with Crippen LogP contribution in [0.4, 0.5) is 23.1 Å². The van der Waals surface area contributed by atoms with Gasteiger partial charge in [0, 0.05) is 11.2 Å². The summed E-state index contributed by atoms with van der Waals surface area (Å²) in [6.45, 7) is 0. The maximum absolute atomic E-state index is 12.3. The largest absolute Gasteiger partial charge is 0.355 e. The summed E-state index contributed by atoms with van der Waals surface area (Å²) in [5.41, 5.74) is 4.37. The topological polar surface area (TPSA) is 135 Å². The summed E-state index contributed by atoms with van der Waals surface area (Å²) in [6.07, 6.45) is 2.62. The molecule has 0 bridgehead atoms. The molecule has 142 valence electrons. The van der Waals surface area contributed by atoms with Gasteiger partial charge in [-0.15, -0.1) is 0 Å². The van der Waals surface area contributed by atoms with E-state index >= 15 is 0 Å². The van der Waals surface area contributed by atoms with Gasteiger partial charge in [-0.25, -0.2) is 15.0 Å². The van der Waals surface area contributed by atoms with E-state index < -0.39 is 16.5 Å². The Kier molecular flexibility index (Phi) is 5.82. The number of pyridine rings is 1. The molecule has 10 nitrogen and oxygen atoms in total. The number of hydrogen-bond acceptors (Lipinski definition) is 8. The van der Waals surface area contributed by atoms with Crippen molar-refractivity contribution in [1.29, 1.82) is 0 Å². The van der Waals surface area contributed by atoms with Crippen molar-refractivity contribution in [2.75, 3.05) is 10.7 Å². The molecule has 0 spiro atoms. The molecule has 0 saturated carbocycles. The lowest BCUT2D eigenvalue weighted by Gasteiger charge is -2.11. The van der Waals surface area contributed by atoms with Gasteiger partial charge in [0.05, 0.1) is 15.5 Å². The predicted octanol–water partition coefficient (Wildman–Crippen LogP) is 3.59. The van der Waals surface area contributed by atoms with Gasteiger partial charge in [-0.05, 0) is 30.3 Å². The molecule has 1 amide bonds. The number of nitrogens with one attached hydrogen (secondary N) is 3. The van der Waals surface area contributed by atoms with E-state index in [9.17, 15) is 14.9 Å². The van der Waals surface area contributed by atoms with Gasteiger partial charge in [0.25, 0.3) is 5.91 Å². The number of rotatable bonds is 6. The molecule has 2 aromatic heterocycles. The Morgan fingerprint density at radius 3 is 2.54 bits per heavy atom. The van der Waals surface area contributed by atoms with Crippen LogP contribution in [0.1, 0.15) is 10.4 Å². The molecule has 2 heterocycles. The summed E-state index contributed by atoms with van der Waals surface area (Å²) in [5.74, 6) is -0.599. The van der Waals surface area contributed by atoms with E-state index in [-0.39, 0.29) is 22.2 Å². The van der Waals surface area contributed by atoms with Crippen molar-refractivity contribution in [2.45, 2.75) is 0 Å². The van der Waals surface area contributed by atoms with Crippen LogP contribution in [0.2, 0.25) is 10.0 Å². The minimum absolute atomic E-state index is 0.0972. The van der Waals surface area contributed by atoms with E-state index in [4.69, 9.17) is 23.2 Å². The van der Waals surface area contributed by atoms with E-state index in [0.717, 1.165) is 6.33 Å². The zero-order valence-electron chi connectivity index (χ0n) is 13.9. The van der Waals surface area contributed by atoms with Crippen molar-refractivity contribution in [3.8, 4) is 0 Å². The summed E-state index contributed by atoms with van der Waals surface area (Å²) >= 11 is 11.8. The van der Waals surface area contributed by atoms with Crippen LogP contribution in [-0.4, -0.2) is 25.8 Å². The molecule has 0 aliphatic carbocycles. The second kappa shape index (κ2) is 8.46. The van der Waals surface area contributed by atoms with Crippen molar-refractivity contribution in [2.24, 2.45) is 0 Å². The molecule has 0 unspecified atom stereocenters. The third kappa shape index (κ3) is 4.42. The maximum atomic E-state index is 12.3. The van der Waals surface area contributed by atoms with Crippen molar-refractivity contribution in [1.82, 2.24) is 20.4 Å². The Morgan fingerprint density at radius 1 is 1.07 bits per heavy atom. The van der Waals surface area contributed by atoms with Gasteiger partial charge in [0.1, 0.15) is 12.1 Å². The number of hydrazine groups is 1. The summed E-state index contributed by atoms with van der Waals surface area (Å²) in [5, 5.41) is 14.7. The van der Waals surface area contributed by atoms with E-state index in [1.807, 2.05) is 0 Å². The second-order valence-corrected chi connectivity index (χ2v) is 6.06. The summed E-state index contributed by atoms with van der Waals surface area (Å²) in [4.78, 5) is 34.8. The molecule has 0 aliphatic rings. The van der Waals surface area contributed by atoms with Crippen LogP contribution >= 0.6 is 23.2 Å². The molecule has 0 saturated heterocycles. The van der Waals surface area contributed by atoms with Crippen LogP contribution < -0.4 is 16.2 Å². The average Bonchev–Trinajstić information content (AvgIpc) is 2.66. The molecule has 3 N–H and O–H groups in total. The summed E-state index contributed by atoms with van der Waals surface area (Å²) in [6, 6.07) is 9.33. The minimum atomic E-state index is -0.685. The zero-order valence-corrected chi connectivity index (χ0v) is 15.4. The van der Waals surface area contributed by atoms with Gasteiger partial charge in [-0.2, -0.15) is 0 Å². The predicted molar refractivity (Wildman–Crippen MR) is 104 cm³/mol. The van der Waals surface area contributed by atoms with E-state index in [2.05, 4.69) is 31.1 Å². The number of nitrogens with zero attached hydrogens (tertiary/aromatic N) is 4. The normalized spacial score (nSPS) is 10.2. The molecular weight excluding hydrogens is 409 g/mol. The number of hydrogen-bond donors (Lipinski definition) is 3. The fourth-order valence-corrected chi connectivity index (χ4v) is 2.64. The molecule has 3 rings (SSSR count). The third-order valence-electron chi connectivity index (χ3n) is 3.39. The highest BCUT2D eigenvalue weighted by Gasteiger charge is 2.24. The van der Waals surface area contributed by atoms with Crippen LogP contribution in [0.15, 0.2) is 48.9 Å². The number of carbonyl (C=O) groups excluding carboxylic acids is 1. The Balaban J connectivity index is 1.82. The van der Waals surface area contributed by atoms with E-state index in [0.29, 0.717) is 10.8 Å². The standard InChI is InChI=1S/C16H11Cl2N7O3/c17-9-4-5-10(11(18)7-9)16(26)24-23-15-13(25(27)28)14(20-8-21-15)22-12-3-1-2-6-19-12/h1-8H,(H,24,26)(H2,19,20,21,22,23). The molecule has 1 aromatic carbocycles. The van der Waals surface area contributed by atoms with Crippen LogP contribution in [0.5, 0.6) is 0 Å². The van der Waals surface area contributed by atoms with Crippen molar-refractivity contribution < 1.29 is 9.72 Å². The number of benzene rings is 1. The van der Waals surface area contributed by atoms with Crippen LogP contribution in [0.25, 0.3) is 0 Å². The molecule has 0 atom stereocenters. The monoisotopic (exact) mass is 419 g/mol. The van der Waals surface area contributed by atoms with Gasteiger partial charge in [-0.1, -0.05) is 29.3 Å². The van der Waals surface area contributed by atoms with E-state index in [1.165, 1.54) is 24.4 Å². The molecule has 12 heteroatoms. The van der Waals surface area contributed by atoms with Gasteiger partial charge >= 0.3 is 5.69 Å². The van der Waals surface area contributed by atoms with Crippen LogP contribution in [0.3, 0.4) is 0 Å². The zero-order chi connectivity index (χ0) is 20.1. The Labute approximate surface area is 168 Å². The van der Waals surface area contributed by atoms with Crippen molar-refractivity contribution >= 4 is 52.3 Å². The fourth-order valence-electron chi connectivity index (χ4n) is 2.15. The number of anilines is 3. The first-order valence-corrected chi connectivity index (χ1v) is 8.40. The molecule has 0 fully saturated rings. The van der Waals surface area contributed by atoms with Gasteiger partial charge in [0.15, 0.2) is 0 Å². The second-order valence-electron chi connectivity index (χ2n) is 5.22.